The Balaban J connectivity index is 2.29. The number of hydrogen-bond donors (Lipinski definition) is 2. The lowest BCUT2D eigenvalue weighted by Crippen LogP contribution is -2.45. The molecule has 4 nitrogen and oxygen atoms in total. The van der Waals surface area contributed by atoms with E-state index in [2.05, 4.69) is 10.6 Å². The van der Waals surface area contributed by atoms with Gasteiger partial charge in [0.2, 0.25) is 0 Å². The molecule has 0 aromatic heterocycles. The van der Waals surface area contributed by atoms with E-state index in [4.69, 9.17) is 0 Å². The molecule has 1 fully saturated rings. The van der Waals surface area contributed by atoms with Crippen LogP contribution in [0.15, 0.2) is 0 Å². The summed E-state index contributed by atoms with van der Waals surface area (Å²) in [6.07, 6.45) is 1.05. The second-order valence-electron chi connectivity index (χ2n) is 3.31. The largest absolute Gasteiger partial charge is 0.334 e. The zero-order valence-electron chi connectivity index (χ0n) is 8.47. The molecule has 1 rings (SSSR count). The number of urea groups is 1. The lowest BCUT2D eigenvalue weighted by Gasteiger charge is -2.21. The van der Waals surface area contributed by atoms with Gasteiger partial charge in [0.25, 0.3) is 0 Å². The minimum atomic E-state index is 0.0682. The highest BCUT2D eigenvalue weighted by atomic mass is 16.2. The van der Waals surface area contributed by atoms with Gasteiger partial charge in [0, 0.05) is 25.7 Å². The van der Waals surface area contributed by atoms with Gasteiger partial charge in [-0.1, -0.05) is 0 Å². The van der Waals surface area contributed by atoms with E-state index in [1.54, 1.807) is 4.90 Å². The molecule has 0 unspecified atom stereocenters. The molecule has 1 aliphatic rings. The second kappa shape index (κ2) is 5.07. The fraction of sp³-hybridized carbons (Fsp3) is 0.889. The van der Waals surface area contributed by atoms with Crippen LogP contribution in [-0.4, -0.2) is 43.2 Å². The van der Waals surface area contributed by atoms with Crippen LogP contribution in [0.1, 0.15) is 20.3 Å². The first-order valence-corrected chi connectivity index (χ1v) is 5.04. The summed E-state index contributed by atoms with van der Waals surface area (Å²) in [5.74, 6) is 0. The molecular weight excluding hydrogens is 166 g/mol. The minimum absolute atomic E-state index is 0.0682. The highest BCUT2D eigenvalue weighted by Gasteiger charge is 2.18. The average molecular weight is 185 g/mol. The Morgan fingerprint density at radius 2 is 2.23 bits per heavy atom. The third kappa shape index (κ3) is 2.88. The van der Waals surface area contributed by atoms with Gasteiger partial charge < -0.3 is 15.5 Å². The first-order valence-electron chi connectivity index (χ1n) is 5.04. The summed E-state index contributed by atoms with van der Waals surface area (Å²) in [6.45, 7) is 7.48. The summed E-state index contributed by atoms with van der Waals surface area (Å²) in [5.41, 5.74) is 0. The quantitative estimate of drug-likeness (QED) is 0.668. The molecule has 0 aromatic rings. The van der Waals surface area contributed by atoms with Crippen molar-refractivity contribution in [3.05, 3.63) is 0 Å². The Kier molecular flexibility index (Phi) is 4.02. The Bertz CT molecular complexity index is 162. The zero-order valence-corrected chi connectivity index (χ0v) is 8.47. The average Bonchev–Trinajstić information content (AvgIpc) is 2.59. The predicted molar refractivity (Wildman–Crippen MR) is 52.7 cm³/mol. The van der Waals surface area contributed by atoms with Crippen molar-refractivity contribution in [3.63, 3.8) is 0 Å². The summed E-state index contributed by atoms with van der Waals surface area (Å²) in [5, 5.41) is 6.22. The van der Waals surface area contributed by atoms with Crippen LogP contribution in [-0.2, 0) is 0 Å². The zero-order chi connectivity index (χ0) is 9.68. The SMILES string of the molecule is CCN(CC)C(=O)N[C@H]1CCNC1. The number of carbonyl (C=O) groups excluding carboxylic acids is 1. The molecule has 13 heavy (non-hydrogen) atoms. The molecule has 0 aromatic carbocycles. The van der Waals surface area contributed by atoms with Crippen LogP contribution < -0.4 is 10.6 Å². The number of amides is 2. The molecule has 76 valence electrons. The van der Waals surface area contributed by atoms with Crippen LogP contribution in [0.5, 0.6) is 0 Å². The molecular formula is C9H19N3O. The van der Waals surface area contributed by atoms with E-state index in [0.29, 0.717) is 6.04 Å². The Morgan fingerprint density at radius 3 is 2.69 bits per heavy atom. The Hall–Kier alpha value is -0.770. The maximum Gasteiger partial charge on any atom is 0.317 e. The second-order valence-corrected chi connectivity index (χ2v) is 3.31. The fourth-order valence-corrected chi connectivity index (χ4v) is 1.55. The van der Waals surface area contributed by atoms with Crippen molar-refractivity contribution in [1.82, 2.24) is 15.5 Å². The lowest BCUT2D eigenvalue weighted by atomic mass is 10.3. The van der Waals surface area contributed by atoms with E-state index in [9.17, 15) is 4.79 Å². The monoisotopic (exact) mass is 185 g/mol. The van der Waals surface area contributed by atoms with Crippen molar-refractivity contribution in [1.29, 1.82) is 0 Å². The van der Waals surface area contributed by atoms with Crippen LogP contribution >= 0.6 is 0 Å². The molecule has 4 heteroatoms. The van der Waals surface area contributed by atoms with Crippen LogP contribution in [0.3, 0.4) is 0 Å². The van der Waals surface area contributed by atoms with E-state index in [0.717, 1.165) is 32.6 Å². The Morgan fingerprint density at radius 1 is 1.54 bits per heavy atom. The Labute approximate surface area is 79.7 Å². The summed E-state index contributed by atoms with van der Waals surface area (Å²) >= 11 is 0. The smallest absolute Gasteiger partial charge is 0.317 e. The summed E-state index contributed by atoms with van der Waals surface area (Å²) in [4.78, 5) is 13.4. The van der Waals surface area contributed by atoms with E-state index in [1.165, 1.54) is 0 Å². The molecule has 0 aliphatic carbocycles. The van der Waals surface area contributed by atoms with Crippen molar-refractivity contribution in [3.8, 4) is 0 Å². The van der Waals surface area contributed by atoms with Gasteiger partial charge in [0.1, 0.15) is 0 Å². The number of nitrogens with zero attached hydrogens (tertiary/aromatic N) is 1. The van der Waals surface area contributed by atoms with Gasteiger partial charge in [-0.3, -0.25) is 0 Å². The van der Waals surface area contributed by atoms with E-state index < -0.39 is 0 Å². The van der Waals surface area contributed by atoms with Crippen molar-refractivity contribution < 1.29 is 4.79 Å². The van der Waals surface area contributed by atoms with Crippen LogP contribution in [0.25, 0.3) is 0 Å². The number of carbonyl (C=O) groups is 1. The predicted octanol–water partition coefficient (Wildman–Crippen LogP) is 0.400. The van der Waals surface area contributed by atoms with Gasteiger partial charge in [0.05, 0.1) is 0 Å². The van der Waals surface area contributed by atoms with Gasteiger partial charge in [0.15, 0.2) is 0 Å². The number of nitrogens with one attached hydrogen (secondary N) is 2. The van der Waals surface area contributed by atoms with E-state index in [1.807, 2.05) is 13.8 Å². The molecule has 1 saturated heterocycles. The minimum Gasteiger partial charge on any atom is -0.334 e. The van der Waals surface area contributed by atoms with Gasteiger partial charge in [-0.15, -0.1) is 0 Å². The van der Waals surface area contributed by atoms with Crippen molar-refractivity contribution in [2.75, 3.05) is 26.2 Å². The summed E-state index contributed by atoms with van der Waals surface area (Å²) in [7, 11) is 0. The molecule has 1 atom stereocenters. The molecule has 2 N–H and O–H groups in total. The van der Waals surface area contributed by atoms with Crippen molar-refractivity contribution in [2.45, 2.75) is 26.3 Å². The first kappa shape index (κ1) is 10.3. The van der Waals surface area contributed by atoms with Gasteiger partial charge in [-0.25, -0.2) is 4.79 Å². The summed E-state index contributed by atoms with van der Waals surface area (Å²) < 4.78 is 0. The first-order chi connectivity index (χ1) is 6.27. The van der Waals surface area contributed by atoms with Crippen molar-refractivity contribution in [2.24, 2.45) is 0 Å². The third-order valence-electron chi connectivity index (χ3n) is 2.44. The highest BCUT2D eigenvalue weighted by Crippen LogP contribution is 1.98. The normalized spacial score (nSPS) is 21.5. The molecule has 1 heterocycles. The van der Waals surface area contributed by atoms with Gasteiger partial charge >= 0.3 is 6.03 Å². The number of rotatable bonds is 3. The van der Waals surface area contributed by atoms with Gasteiger partial charge in [-0.05, 0) is 26.8 Å². The standard InChI is InChI=1S/C9H19N3O/c1-3-12(4-2)9(13)11-8-5-6-10-7-8/h8,10H,3-7H2,1-2H3,(H,11,13)/t8-/m0/s1. The van der Waals surface area contributed by atoms with Crippen LogP contribution in [0.2, 0.25) is 0 Å². The lowest BCUT2D eigenvalue weighted by molar-refractivity contribution is 0.200. The summed E-state index contributed by atoms with van der Waals surface area (Å²) in [6, 6.07) is 0.395. The molecule has 0 spiro atoms. The molecule has 0 radical (unpaired) electrons. The maximum atomic E-state index is 11.5. The van der Waals surface area contributed by atoms with Crippen LogP contribution in [0, 0.1) is 0 Å². The highest BCUT2D eigenvalue weighted by molar-refractivity contribution is 5.74. The third-order valence-corrected chi connectivity index (χ3v) is 2.44. The topological polar surface area (TPSA) is 44.4 Å². The van der Waals surface area contributed by atoms with Crippen LogP contribution in [0.4, 0.5) is 4.79 Å². The van der Waals surface area contributed by atoms with E-state index in [-0.39, 0.29) is 6.03 Å². The van der Waals surface area contributed by atoms with E-state index >= 15 is 0 Å². The van der Waals surface area contributed by atoms with Crippen molar-refractivity contribution >= 4 is 6.03 Å². The molecule has 0 saturated carbocycles. The maximum absolute atomic E-state index is 11.5. The van der Waals surface area contributed by atoms with Gasteiger partial charge in [-0.2, -0.15) is 0 Å². The number of hydrogen-bond acceptors (Lipinski definition) is 2. The fourth-order valence-electron chi connectivity index (χ4n) is 1.55. The molecule has 1 aliphatic heterocycles. The molecule has 2 amide bonds. The molecule has 0 bridgehead atoms.